The third-order valence-corrected chi connectivity index (χ3v) is 3.58. The molecule has 0 amide bonds. The summed E-state index contributed by atoms with van der Waals surface area (Å²) < 4.78 is 5.37. The molecule has 0 spiro atoms. The first-order valence-electron chi connectivity index (χ1n) is 6.38. The van der Waals surface area contributed by atoms with Gasteiger partial charge in [0.15, 0.2) is 0 Å². The zero-order chi connectivity index (χ0) is 10.3. The van der Waals surface area contributed by atoms with E-state index in [-0.39, 0.29) is 0 Å². The number of hydrogen-bond acceptors (Lipinski definition) is 2. The summed E-state index contributed by atoms with van der Waals surface area (Å²) in [5, 5.41) is 4.37. The van der Waals surface area contributed by atoms with Crippen LogP contribution in [0, 0.1) is 5.92 Å². The fourth-order valence-corrected chi connectivity index (χ4v) is 2.51. The maximum Gasteiger partial charge on any atom is 0.0468 e. The third-order valence-electron chi connectivity index (χ3n) is 3.58. The average molecular weight is 211 g/mol. The molecule has 3 nitrogen and oxygen atoms in total. The topological polar surface area (TPSA) is 26.6 Å². The molecule has 0 atom stereocenters. The van der Waals surface area contributed by atoms with E-state index in [2.05, 4.69) is 10.2 Å². The zero-order valence-electron chi connectivity index (χ0n) is 9.66. The van der Waals surface area contributed by atoms with E-state index in [1.807, 2.05) is 0 Å². The minimum absolute atomic E-state index is 0.938. The van der Waals surface area contributed by atoms with Crippen molar-refractivity contribution in [1.82, 2.24) is 10.2 Å². The van der Waals surface area contributed by atoms with Crippen LogP contribution in [0.25, 0.3) is 0 Å². The summed E-state index contributed by atoms with van der Waals surface area (Å²) in [5.74, 6) is 0.938. The zero-order valence-corrected chi connectivity index (χ0v) is 9.66. The van der Waals surface area contributed by atoms with E-state index < -0.39 is 0 Å². The van der Waals surface area contributed by atoms with Crippen LogP contribution in [0.3, 0.4) is 0 Å². The Bertz CT molecular complexity index is 145. The van der Waals surface area contributed by atoms with E-state index >= 15 is 0 Å². The van der Waals surface area contributed by atoms with Crippen molar-refractivity contribution in [2.45, 2.75) is 25.7 Å². The van der Waals surface area contributed by atoms with Crippen LogP contribution in [0.15, 0.2) is 0 Å². The second kappa shape index (κ2) is 6.46. The highest BCUT2D eigenvalue weighted by Crippen LogP contribution is 2.20. The maximum absolute atomic E-state index is 5.37. The summed E-state index contributed by atoms with van der Waals surface area (Å²) in [7, 11) is 0. The smallest absolute Gasteiger partial charge is 0.0468 e. The van der Waals surface area contributed by atoms with Crippen LogP contribution in [-0.4, -0.2) is 50.8 Å². The van der Waals surface area contributed by atoms with Gasteiger partial charge in [-0.05, 0) is 38.1 Å². The van der Waals surface area contributed by atoms with Crippen molar-refractivity contribution in [3.05, 3.63) is 0 Å². The molecule has 0 aromatic heterocycles. The normalized spacial score (nSPS) is 25.6. The third kappa shape index (κ3) is 4.09. The summed E-state index contributed by atoms with van der Waals surface area (Å²) in [6.07, 6.45) is 5.34. The summed E-state index contributed by atoms with van der Waals surface area (Å²) in [6, 6.07) is 0. The second-order valence-electron chi connectivity index (χ2n) is 4.71. The first-order chi connectivity index (χ1) is 7.45. The predicted molar refractivity (Wildman–Crippen MR) is 61.1 cm³/mol. The molecule has 3 heteroatoms. The molecular formula is C12H23N2O. The van der Waals surface area contributed by atoms with Crippen molar-refractivity contribution in [3.63, 3.8) is 0 Å². The molecule has 0 saturated carbocycles. The Hall–Kier alpha value is -0.120. The quantitative estimate of drug-likeness (QED) is 0.696. The van der Waals surface area contributed by atoms with Crippen molar-refractivity contribution in [2.75, 3.05) is 45.9 Å². The van der Waals surface area contributed by atoms with Crippen LogP contribution in [-0.2, 0) is 4.74 Å². The van der Waals surface area contributed by atoms with Crippen molar-refractivity contribution in [1.29, 1.82) is 0 Å². The van der Waals surface area contributed by atoms with E-state index in [0.717, 1.165) is 32.2 Å². The minimum Gasteiger partial charge on any atom is -0.381 e. The molecule has 2 heterocycles. The molecule has 2 aliphatic rings. The van der Waals surface area contributed by atoms with Gasteiger partial charge in [0.25, 0.3) is 0 Å². The van der Waals surface area contributed by atoms with Crippen LogP contribution in [0.1, 0.15) is 25.7 Å². The molecule has 0 aromatic rings. The summed E-state index contributed by atoms with van der Waals surface area (Å²) in [5.41, 5.74) is 0. The Morgan fingerprint density at radius 2 is 1.87 bits per heavy atom. The van der Waals surface area contributed by atoms with Gasteiger partial charge in [-0.2, -0.15) is 0 Å². The van der Waals surface area contributed by atoms with Crippen molar-refractivity contribution in [3.8, 4) is 0 Å². The largest absolute Gasteiger partial charge is 0.381 e. The van der Waals surface area contributed by atoms with Crippen LogP contribution in [0.5, 0.6) is 0 Å². The number of nitrogens with zero attached hydrogens (tertiary/aromatic N) is 2. The van der Waals surface area contributed by atoms with E-state index in [4.69, 9.17) is 4.74 Å². The van der Waals surface area contributed by atoms with Crippen LogP contribution in [0.2, 0.25) is 0 Å². The lowest BCUT2D eigenvalue weighted by Crippen LogP contribution is -2.40. The van der Waals surface area contributed by atoms with Crippen LogP contribution < -0.4 is 5.32 Å². The lowest BCUT2D eigenvalue weighted by Gasteiger charge is -2.27. The van der Waals surface area contributed by atoms with Gasteiger partial charge in [-0.3, -0.25) is 0 Å². The SMILES string of the molecule is C(CC1CCOCC1)CN1CC[N]CC1. The molecular weight excluding hydrogens is 188 g/mol. The highest BCUT2D eigenvalue weighted by molar-refractivity contribution is 4.69. The Balaban J connectivity index is 1.53. The molecule has 1 radical (unpaired) electrons. The van der Waals surface area contributed by atoms with Crippen molar-refractivity contribution >= 4 is 0 Å². The molecule has 2 aliphatic heterocycles. The van der Waals surface area contributed by atoms with Crippen LogP contribution >= 0.6 is 0 Å². The van der Waals surface area contributed by atoms with Gasteiger partial charge in [0.1, 0.15) is 0 Å². The number of piperazine rings is 1. The van der Waals surface area contributed by atoms with Gasteiger partial charge in [0.2, 0.25) is 0 Å². The van der Waals surface area contributed by atoms with E-state index in [9.17, 15) is 0 Å². The number of ether oxygens (including phenoxy) is 1. The monoisotopic (exact) mass is 211 g/mol. The maximum atomic E-state index is 5.37. The summed E-state index contributed by atoms with van der Waals surface area (Å²) in [6.45, 7) is 7.75. The van der Waals surface area contributed by atoms with E-state index in [0.29, 0.717) is 0 Å². The van der Waals surface area contributed by atoms with Gasteiger partial charge >= 0.3 is 0 Å². The van der Waals surface area contributed by atoms with Gasteiger partial charge in [-0.15, -0.1) is 0 Å². The van der Waals surface area contributed by atoms with Gasteiger partial charge < -0.3 is 9.64 Å². The van der Waals surface area contributed by atoms with Crippen molar-refractivity contribution < 1.29 is 4.74 Å². The summed E-state index contributed by atoms with van der Waals surface area (Å²) in [4.78, 5) is 2.56. The van der Waals surface area contributed by atoms with Crippen LogP contribution in [0.4, 0.5) is 0 Å². The molecule has 2 rings (SSSR count). The lowest BCUT2D eigenvalue weighted by atomic mass is 9.95. The highest BCUT2D eigenvalue weighted by atomic mass is 16.5. The lowest BCUT2D eigenvalue weighted by molar-refractivity contribution is 0.0621. The van der Waals surface area contributed by atoms with Gasteiger partial charge in [0, 0.05) is 39.4 Å². The van der Waals surface area contributed by atoms with E-state index in [1.165, 1.54) is 45.3 Å². The molecule has 2 saturated heterocycles. The van der Waals surface area contributed by atoms with Gasteiger partial charge in [-0.25, -0.2) is 5.32 Å². The second-order valence-corrected chi connectivity index (χ2v) is 4.71. The van der Waals surface area contributed by atoms with Gasteiger partial charge in [0.05, 0.1) is 0 Å². The van der Waals surface area contributed by atoms with Gasteiger partial charge in [-0.1, -0.05) is 0 Å². The first kappa shape index (κ1) is 11.4. The molecule has 0 aromatic carbocycles. The highest BCUT2D eigenvalue weighted by Gasteiger charge is 2.14. The molecule has 87 valence electrons. The first-order valence-corrected chi connectivity index (χ1v) is 6.38. The van der Waals surface area contributed by atoms with Crippen molar-refractivity contribution in [2.24, 2.45) is 5.92 Å². The fourth-order valence-electron chi connectivity index (χ4n) is 2.51. The molecule has 0 aliphatic carbocycles. The minimum atomic E-state index is 0.938. The average Bonchev–Trinajstić information content (AvgIpc) is 2.32. The molecule has 2 fully saturated rings. The Kier molecular flexibility index (Phi) is 4.90. The fraction of sp³-hybridized carbons (Fsp3) is 1.00. The Labute approximate surface area is 93.2 Å². The molecule has 0 N–H and O–H groups in total. The number of hydrogen-bond donors (Lipinski definition) is 0. The molecule has 15 heavy (non-hydrogen) atoms. The number of rotatable bonds is 4. The standard InChI is InChI=1S/C12H23N2O/c1(2-12-3-10-15-11-4-12)7-14-8-5-13-6-9-14/h12H,1-11H2. The van der Waals surface area contributed by atoms with E-state index in [1.54, 1.807) is 0 Å². The molecule has 0 bridgehead atoms. The Morgan fingerprint density at radius 1 is 1.13 bits per heavy atom. The predicted octanol–water partition coefficient (Wildman–Crippen LogP) is 1.11. The summed E-state index contributed by atoms with van der Waals surface area (Å²) >= 11 is 0. The molecule has 0 unspecified atom stereocenters. The Morgan fingerprint density at radius 3 is 2.60 bits per heavy atom.